The summed E-state index contributed by atoms with van der Waals surface area (Å²) >= 11 is 1.60. The van der Waals surface area contributed by atoms with E-state index < -0.39 is 0 Å². The Morgan fingerprint density at radius 3 is 2.72 bits per heavy atom. The van der Waals surface area contributed by atoms with E-state index in [0.29, 0.717) is 50.8 Å². The zero-order valence-electron chi connectivity index (χ0n) is 25.5. The van der Waals surface area contributed by atoms with Gasteiger partial charge < -0.3 is 19.1 Å². The van der Waals surface area contributed by atoms with Crippen molar-refractivity contribution in [2.45, 2.75) is 32.2 Å². The van der Waals surface area contributed by atoms with Gasteiger partial charge in [0.15, 0.2) is 0 Å². The fourth-order valence-corrected chi connectivity index (χ4v) is 7.11. The number of thiophene rings is 1. The van der Waals surface area contributed by atoms with Crippen LogP contribution in [0.3, 0.4) is 0 Å². The molecule has 0 unspecified atom stereocenters. The van der Waals surface area contributed by atoms with Crippen molar-refractivity contribution in [3.63, 3.8) is 0 Å². The molecule has 0 aliphatic carbocycles. The Morgan fingerprint density at radius 1 is 0.935 bits per heavy atom. The van der Waals surface area contributed by atoms with Crippen molar-refractivity contribution in [2.75, 3.05) is 33.0 Å². The molecule has 0 spiro atoms. The van der Waals surface area contributed by atoms with Crippen LogP contribution in [0.2, 0.25) is 0 Å². The summed E-state index contributed by atoms with van der Waals surface area (Å²) in [5.41, 5.74) is 6.67. The van der Waals surface area contributed by atoms with Crippen molar-refractivity contribution in [1.29, 1.82) is 0 Å². The summed E-state index contributed by atoms with van der Waals surface area (Å²) in [5, 5.41) is 3.02. The molecular weight excluding hydrogens is 601 g/mol. The first-order valence-electron chi connectivity index (χ1n) is 15.6. The number of amides is 1. The van der Waals surface area contributed by atoms with Gasteiger partial charge in [-0.05, 0) is 72.7 Å². The third-order valence-electron chi connectivity index (χ3n) is 8.44. The standard InChI is InChI=1S/C37H34FN3O4S/c1-2-33(42)41-14-12-30-25(23-41)20-24(22-39-30)35-34-27-11-10-26(38)21-32(27)45-18-17-43-15-6-3-7-16-44-31-9-5-4-8-28(31)36(40-35)29-13-19-46-37(29)34/h2,4-5,8-11,13,19-22H,1,3,6-7,12,14-18,23H2. The first kappa shape index (κ1) is 30.1. The Morgan fingerprint density at radius 2 is 1.80 bits per heavy atom. The molecule has 3 aromatic heterocycles. The topological polar surface area (TPSA) is 73.8 Å². The van der Waals surface area contributed by atoms with Crippen LogP contribution < -0.4 is 9.47 Å². The summed E-state index contributed by atoms with van der Waals surface area (Å²) in [6, 6.07) is 16.8. The molecule has 7 nitrogen and oxygen atoms in total. The van der Waals surface area contributed by atoms with Crippen LogP contribution in [0.15, 0.2) is 78.8 Å². The molecule has 0 N–H and O–H groups in total. The number of ether oxygens (including phenoxy) is 3. The molecule has 234 valence electrons. The summed E-state index contributed by atoms with van der Waals surface area (Å²) in [7, 11) is 0. The third-order valence-corrected chi connectivity index (χ3v) is 9.37. The minimum atomic E-state index is -0.385. The van der Waals surface area contributed by atoms with Gasteiger partial charge in [-0.1, -0.05) is 18.7 Å². The highest BCUT2D eigenvalue weighted by Gasteiger charge is 2.26. The molecule has 1 amide bonds. The van der Waals surface area contributed by atoms with Gasteiger partial charge in [0.1, 0.15) is 23.9 Å². The highest BCUT2D eigenvalue weighted by Crippen LogP contribution is 2.47. The molecule has 0 radical (unpaired) electrons. The summed E-state index contributed by atoms with van der Waals surface area (Å²) in [6.07, 6.45) is 6.66. The van der Waals surface area contributed by atoms with E-state index in [9.17, 15) is 9.18 Å². The Balaban J connectivity index is 1.47. The molecule has 0 fully saturated rings. The van der Waals surface area contributed by atoms with Gasteiger partial charge in [-0.15, -0.1) is 11.3 Å². The van der Waals surface area contributed by atoms with E-state index in [1.165, 1.54) is 18.2 Å². The number of benzene rings is 2. The number of rotatable bonds is 2. The van der Waals surface area contributed by atoms with E-state index in [0.717, 1.165) is 74.3 Å². The molecule has 46 heavy (non-hydrogen) atoms. The van der Waals surface area contributed by atoms with Crippen LogP contribution in [0, 0.1) is 5.82 Å². The minimum Gasteiger partial charge on any atom is -0.493 e. The van der Waals surface area contributed by atoms with E-state index >= 15 is 0 Å². The highest BCUT2D eigenvalue weighted by molar-refractivity contribution is 7.18. The fraction of sp³-hybridized carbons (Fsp3) is 0.270. The maximum absolute atomic E-state index is 14.7. The van der Waals surface area contributed by atoms with Crippen molar-refractivity contribution in [3.05, 3.63) is 95.9 Å². The molecule has 2 aromatic carbocycles. The van der Waals surface area contributed by atoms with E-state index in [1.807, 2.05) is 30.5 Å². The van der Waals surface area contributed by atoms with Crippen LogP contribution in [0.4, 0.5) is 4.39 Å². The highest BCUT2D eigenvalue weighted by atomic mass is 32.1. The number of pyridine rings is 2. The molecule has 0 atom stereocenters. The first-order chi connectivity index (χ1) is 22.6. The Bertz CT molecular complexity index is 1920. The van der Waals surface area contributed by atoms with Gasteiger partial charge >= 0.3 is 0 Å². The Kier molecular flexibility index (Phi) is 8.76. The number of fused-ring (bicyclic) bond motifs is 5. The molecule has 2 aliphatic heterocycles. The number of para-hydroxylation sites is 1. The third kappa shape index (κ3) is 6.00. The fourth-order valence-electron chi connectivity index (χ4n) is 6.15. The van der Waals surface area contributed by atoms with Crippen LogP contribution in [-0.2, 0) is 22.5 Å². The van der Waals surface area contributed by atoms with Crippen LogP contribution in [0.5, 0.6) is 11.5 Å². The lowest BCUT2D eigenvalue weighted by Gasteiger charge is -2.27. The normalized spacial score (nSPS) is 15.5. The monoisotopic (exact) mass is 635 g/mol. The average molecular weight is 636 g/mol. The number of hydrogen-bond acceptors (Lipinski definition) is 7. The van der Waals surface area contributed by atoms with E-state index in [-0.39, 0.29) is 18.3 Å². The lowest BCUT2D eigenvalue weighted by atomic mass is 9.94. The van der Waals surface area contributed by atoms with Gasteiger partial charge in [-0.2, -0.15) is 0 Å². The number of carbonyl (C=O) groups excluding carboxylic acids is 1. The maximum atomic E-state index is 14.7. The minimum absolute atomic E-state index is 0.106. The van der Waals surface area contributed by atoms with Crippen molar-refractivity contribution < 1.29 is 23.4 Å². The van der Waals surface area contributed by atoms with Crippen LogP contribution >= 0.6 is 11.3 Å². The van der Waals surface area contributed by atoms with Crippen LogP contribution in [-0.4, -0.2) is 53.7 Å². The van der Waals surface area contributed by atoms with Crippen LogP contribution in [0.1, 0.15) is 30.5 Å². The summed E-state index contributed by atoms with van der Waals surface area (Å²) in [6.45, 7) is 6.59. The molecule has 0 saturated heterocycles. The van der Waals surface area contributed by atoms with Gasteiger partial charge in [-0.25, -0.2) is 9.37 Å². The van der Waals surface area contributed by atoms with Crippen molar-refractivity contribution in [3.8, 4) is 45.1 Å². The number of aromatic nitrogens is 2. The van der Waals surface area contributed by atoms with E-state index in [2.05, 4.69) is 24.1 Å². The second-order valence-electron chi connectivity index (χ2n) is 11.4. The van der Waals surface area contributed by atoms with Gasteiger partial charge in [0.2, 0.25) is 5.91 Å². The summed E-state index contributed by atoms with van der Waals surface area (Å²) < 4.78 is 34.1. The molecule has 9 heteroatoms. The van der Waals surface area contributed by atoms with Gasteiger partial charge in [0.05, 0.1) is 24.6 Å². The summed E-state index contributed by atoms with van der Waals surface area (Å²) in [4.78, 5) is 24.5. The first-order valence-corrected chi connectivity index (χ1v) is 16.5. The largest absolute Gasteiger partial charge is 0.493 e. The average Bonchev–Trinajstić information content (AvgIpc) is 3.58. The van der Waals surface area contributed by atoms with Gasteiger partial charge in [0, 0.05) is 76.4 Å². The van der Waals surface area contributed by atoms with Crippen molar-refractivity contribution in [2.24, 2.45) is 0 Å². The van der Waals surface area contributed by atoms with Crippen LogP contribution in [0.25, 0.3) is 43.7 Å². The zero-order valence-corrected chi connectivity index (χ0v) is 26.3. The number of hydrogen-bond donors (Lipinski definition) is 0. The quantitative estimate of drug-likeness (QED) is 0.184. The molecule has 7 rings (SSSR count). The lowest BCUT2D eigenvalue weighted by molar-refractivity contribution is -0.126. The second kappa shape index (κ2) is 13.4. The predicted molar refractivity (Wildman–Crippen MR) is 179 cm³/mol. The number of nitrogens with zero attached hydrogens (tertiary/aromatic N) is 3. The molecule has 5 heterocycles. The number of carbonyl (C=O) groups is 1. The van der Waals surface area contributed by atoms with E-state index in [4.69, 9.17) is 24.2 Å². The van der Waals surface area contributed by atoms with Crippen molar-refractivity contribution in [1.82, 2.24) is 14.9 Å². The molecular formula is C37H34FN3O4S. The number of halogens is 1. The van der Waals surface area contributed by atoms with Gasteiger partial charge in [-0.3, -0.25) is 9.78 Å². The second-order valence-corrected chi connectivity index (χ2v) is 12.3. The molecule has 2 aliphatic rings. The Hall–Kier alpha value is -4.60. The molecule has 5 aromatic rings. The predicted octanol–water partition coefficient (Wildman–Crippen LogP) is 7.86. The molecule has 0 saturated carbocycles. The smallest absolute Gasteiger partial charge is 0.246 e. The maximum Gasteiger partial charge on any atom is 0.246 e. The van der Waals surface area contributed by atoms with Gasteiger partial charge in [0.25, 0.3) is 0 Å². The van der Waals surface area contributed by atoms with E-state index in [1.54, 1.807) is 22.3 Å². The Labute approximate surface area is 271 Å². The lowest BCUT2D eigenvalue weighted by Crippen LogP contribution is -2.35. The molecule has 2 bridgehead atoms. The summed E-state index contributed by atoms with van der Waals surface area (Å²) in [5.74, 6) is 0.702. The SMILES string of the molecule is C=CC(=O)N1CCc2ncc(-c3nc4c5ccsc5c3-c3ccc(F)cc3OCCOCCCCCOc3ccccc3-4)cc2C1. The van der Waals surface area contributed by atoms with Crippen molar-refractivity contribution >= 4 is 27.3 Å². The zero-order chi connectivity index (χ0) is 31.5.